The van der Waals surface area contributed by atoms with Crippen LogP contribution in [0.3, 0.4) is 0 Å². The molecule has 1 unspecified atom stereocenters. The van der Waals surface area contributed by atoms with Gasteiger partial charge in [0.15, 0.2) is 0 Å². The van der Waals surface area contributed by atoms with Gasteiger partial charge in [-0.1, -0.05) is 152 Å². The van der Waals surface area contributed by atoms with Crippen LogP contribution in [-0.2, 0) is 5.41 Å². The highest BCUT2D eigenvalue weighted by atomic mass is 15.0. The lowest BCUT2D eigenvalue weighted by molar-refractivity contribution is 0.795. The molecule has 1 spiro atoms. The van der Waals surface area contributed by atoms with E-state index in [0.717, 1.165) is 0 Å². The average Bonchev–Trinajstić information content (AvgIpc) is 3.87. The van der Waals surface area contributed by atoms with Crippen LogP contribution in [0.1, 0.15) is 22.3 Å². The van der Waals surface area contributed by atoms with Crippen molar-refractivity contribution in [1.29, 1.82) is 0 Å². The summed E-state index contributed by atoms with van der Waals surface area (Å²) in [6.07, 6.45) is 0. The number of rotatable bonds is 2. The molecule has 10 aromatic carbocycles. The summed E-state index contributed by atoms with van der Waals surface area (Å²) in [6.45, 7) is 0. The van der Waals surface area contributed by atoms with Crippen molar-refractivity contribution < 1.29 is 0 Å². The van der Waals surface area contributed by atoms with Gasteiger partial charge in [-0.15, -0.1) is 0 Å². The van der Waals surface area contributed by atoms with Gasteiger partial charge < -0.3 is 4.57 Å². The van der Waals surface area contributed by atoms with Crippen molar-refractivity contribution in [2.75, 3.05) is 0 Å². The normalized spacial score (nSPS) is 15.2. The molecule has 2 aliphatic carbocycles. The van der Waals surface area contributed by atoms with E-state index >= 15 is 0 Å². The zero-order chi connectivity index (χ0) is 36.5. The number of fused-ring (bicyclic) bond motifs is 19. The van der Waals surface area contributed by atoms with Crippen LogP contribution in [0.4, 0.5) is 0 Å². The first-order chi connectivity index (χ1) is 27.8. The summed E-state index contributed by atoms with van der Waals surface area (Å²) in [5.74, 6) is 0. The Morgan fingerprint density at radius 3 is 1.45 bits per heavy atom. The van der Waals surface area contributed by atoms with Gasteiger partial charge in [0, 0.05) is 16.5 Å². The second kappa shape index (κ2) is 10.9. The summed E-state index contributed by atoms with van der Waals surface area (Å²) in [6, 6.07) is 75.0. The predicted octanol–water partition coefficient (Wildman–Crippen LogP) is 14.3. The zero-order valence-electron chi connectivity index (χ0n) is 30.5. The topological polar surface area (TPSA) is 4.93 Å². The third-order valence-electron chi connectivity index (χ3n) is 13.0. The first kappa shape index (κ1) is 30.1. The minimum absolute atomic E-state index is 0.426. The second-order valence-electron chi connectivity index (χ2n) is 15.6. The Labute approximate surface area is 324 Å². The van der Waals surface area contributed by atoms with Crippen LogP contribution in [0.25, 0.3) is 93.2 Å². The van der Waals surface area contributed by atoms with Crippen LogP contribution in [0.5, 0.6) is 0 Å². The van der Waals surface area contributed by atoms with E-state index in [0.29, 0.717) is 0 Å². The minimum atomic E-state index is -0.426. The van der Waals surface area contributed by atoms with Gasteiger partial charge >= 0.3 is 0 Å². The summed E-state index contributed by atoms with van der Waals surface area (Å²) in [4.78, 5) is 0. The molecule has 1 heteroatoms. The molecular formula is C55H33N. The Hall–Kier alpha value is -7.22. The van der Waals surface area contributed by atoms with Gasteiger partial charge in [0.1, 0.15) is 0 Å². The Kier molecular flexibility index (Phi) is 5.89. The van der Waals surface area contributed by atoms with E-state index < -0.39 is 5.41 Å². The van der Waals surface area contributed by atoms with Crippen molar-refractivity contribution in [3.8, 4) is 39.1 Å². The maximum absolute atomic E-state index is 2.55. The van der Waals surface area contributed by atoms with Crippen LogP contribution in [0.15, 0.2) is 200 Å². The van der Waals surface area contributed by atoms with Gasteiger partial charge in [-0.3, -0.25) is 0 Å². The Morgan fingerprint density at radius 1 is 0.268 bits per heavy atom. The molecule has 2 aliphatic rings. The zero-order valence-corrected chi connectivity index (χ0v) is 30.5. The van der Waals surface area contributed by atoms with Crippen molar-refractivity contribution in [2.45, 2.75) is 5.41 Å². The second-order valence-corrected chi connectivity index (χ2v) is 15.6. The van der Waals surface area contributed by atoms with Crippen molar-refractivity contribution in [3.63, 3.8) is 0 Å². The minimum Gasteiger partial charge on any atom is -0.309 e. The predicted molar refractivity (Wildman–Crippen MR) is 235 cm³/mol. The highest BCUT2D eigenvalue weighted by Crippen LogP contribution is 2.64. The van der Waals surface area contributed by atoms with Gasteiger partial charge in [0.25, 0.3) is 0 Å². The van der Waals surface area contributed by atoms with Crippen LogP contribution in [-0.4, -0.2) is 4.57 Å². The lowest BCUT2D eigenvalue weighted by Crippen LogP contribution is -2.25. The molecule has 0 radical (unpaired) electrons. The lowest BCUT2D eigenvalue weighted by atomic mass is 9.70. The molecule has 0 saturated heterocycles. The van der Waals surface area contributed by atoms with E-state index in [1.54, 1.807) is 0 Å². The van der Waals surface area contributed by atoms with Gasteiger partial charge in [-0.25, -0.2) is 0 Å². The summed E-state index contributed by atoms with van der Waals surface area (Å²) in [5, 5.41) is 10.4. The molecule has 0 aliphatic heterocycles. The molecule has 56 heavy (non-hydrogen) atoms. The molecule has 1 heterocycles. The third-order valence-corrected chi connectivity index (χ3v) is 13.0. The number of hydrogen-bond donors (Lipinski definition) is 0. The van der Waals surface area contributed by atoms with Gasteiger partial charge in [0.05, 0.1) is 16.4 Å². The summed E-state index contributed by atoms with van der Waals surface area (Å²) in [5.41, 5.74) is 16.4. The average molecular weight is 708 g/mol. The maximum Gasteiger partial charge on any atom is 0.0725 e. The fourth-order valence-corrected chi connectivity index (χ4v) is 10.7. The summed E-state index contributed by atoms with van der Waals surface area (Å²) >= 11 is 0. The highest BCUT2D eigenvalue weighted by Gasteiger charge is 2.51. The lowest BCUT2D eigenvalue weighted by Gasteiger charge is -2.31. The monoisotopic (exact) mass is 707 g/mol. The number of para-hydroxylation sites is 2. The van der Waals surface area contributed by atoms with Crippen molar-refractivity contribution in [3.05, 3.63) is 222 Å². The van der Waals surface area contributed by atoms with Crippen LogP contribution in [0.2, 0.25) is 0 Å². The van der Waals surface area contributed by atoms with Crippen LogP contribution in [0, 0.1) is 0 Å². The fourth-order valence-electron chi connectivity index (χ4n) is 10.7. The molecule has 1 atom stereocenters. The smallest absolute Gasteiger partial charge is 0.0725 e. The molecule has 11 aromatic rings. The Bertz CT molecular complexity index is 3480. The SMILES string of the molecule is c1ccc(-n2c3ccccc3c3cc(-c4ccc5c(c4)-c4ccccc4C54c5ccccc5-c5cc6c7ccccc7c7ccccc7c6cc54)ccc32)cc1. The molecule has 0 bridgehead atoms. The molecule has 1 aromatic heterocycles. The fraction of sp³-hybridized carbons (Fsp3) is 0.0182. The van der Waals surface area contributed by atoms with E-state index in [2.05, 4.69) is 205 Å². The molecule has 0 fully saturated rings. The van der Waals surface area contributed by atoms with Gasteiger partial charge in [-0.2, -0.15) is 0 Å². The Morgan fingerprint density at radius 2 is 0.750 bits per heavy atom. The molecule has 13 rings (SSSR count). The first-order valence-corrected chi connectivity index (χ1v) is 19.6. The molecule has 1 nitrogen and oxygen atoms in total. The number of hydrogen-bond acceptors (Lipinski definition) is 0. The van der Waals surface area contributed by atoms with E-state index in [4.69, 9.17) is 0 Å². The molecular weight excluding hydrogens is 675 g/mol. The van der Waals surface area contributed by atoms with E-state index in [1.807, 2.05) is 0 Å². The van der Waals surface area contributed by atoms with Crippen molar-refractivity contribution >= 4 is 54.1 Å². The van der Waals surface area contributed by atoms with Crippen molar-refractivity contribution in [2.24, 2.45) is 0 Å². The van der Waals surface area contributed by atoms with Gasteiger partial charge in [-0.05, 0) is 136 Å². The molecule has 0 N–H and O–H groups in total. The number of aromatic nitrogens is 1. The highest BCUT2D eigenvalue weighted by molar-refractivity contribution is 6.26. The van der Waals surface area contributed by atoms with Crippen LogP contribution < -0.4 is 0 Å². The summed E-state index contributed by atoms with van der Waals surface area (Å²) < 4.78 is 2.39. The summed E-state index contributed by atoms with van der Waals surface area (Å²) in [7, 11) is 0. The van der Waals surface area contributed by atoms with Crippen molar-refractivity contribution in [1.82, 2.24) is 4.57 Å². The number of nitrogens with zero attached hydrogens (tertiary/aromatic N) is 1. The Balaban J connectivity index is 1.07. The third kappa shape index (κ3) is 3.75. The van der Waals surface area contributed by atoms with E-state index in [1.165, 1.54) is 115 Å². The van der Waals surface area contributed by atoms with E-state index in [-0.39, 0.29) is 0 Å². The van der Waals surface area contributed by atoms with E-state index in [9.17, 15) is 0 Å². The van der Waals surface area contributed by atoms with Gasteiger partial charge in [0.2, 0.25) is 0 Å². The molecule has 258 valence electrons. The largest absolute Gasteiger partial charge is 0.309 e. The van der Waals surface area contributed by atoms with Crippen LogP contribution >= 0.6 is 0 Å². The molecule has 0 amide bonds. The molecule has 0 saturated carbocycles. The number of benzene rings is 10. The quantitative estimate of drug-likeness (QED) is 0.158. The first-order valence-electron chi connectivity index (χ1n) is 19.6. The maximum atomic E-state index is 2.55. The standard InChI is InChI=1S/C55H33N/c1-2-14-36(15-3-1)56-53-25-13-10-22-43(53)48-31-35(27-29-54(48)56)34-26-28-51-46(30-34)41-20-8-11-23-49(41)55(51)50-24-12-9-21-42(50)47-32-44-39-18-6-4-16-37(39)38-17-5-7-19-40(38)45(44)33-52(47)55/h1-33H.